The molecule has 1 atom stereocenters. The van der Waals surface area contributed by atoms with Crippen LogP contribution in [0.15, 0.2) is 42.7 Å². The zero-order chi connectivity index (χ0) is 18.0. The van der Waals surface area contributed by atoms with Gasteiger partial charge in [-0.25, -0.2) is 9.07 Å². The summed E-state index contributed by atoms with van der Waals surface area (Å²) in [5, 5.41) is 11.8. The van der Waals surface area contributed by atoms with Crippen LogP contribution >= 0.6 is 11.6 Å². The summed E-state index contributed by atoms with van der Waals surface area (Å²) in [6.45, 7) is 4.03. The van der Waals surface area contributed by atoms with E-state index in [1.54, 1.807) is 40.7 Å². The van der Waals surface area contributed by atoms with Crippen LogP contribution in [0.25, 0.3) is 5.69 Å². The number of carbonyl (C=O) groups is 1. The monoisotopic (exact) mass is 361 g/mol. The van der Waals surface area contributed by atoms with E-state index in [4.69, 9.17) is 11.6 Å². The van der Waals surface area contributed by atoms with Gasteiger partial charge in [0.15, 0.2) is 0 Å². The Hall–Kier alpha value is -2.67. The average molecular weight is 362 g/mol. The first-order valence-electron chi connectivity index (χ1n) is 7.74. The van der Waals surface area contributed by atoms with Crippen LogP contribution in [0.5, 0.6) is 0 Å². The lowest BCUT2D eigenvalue weighted by atomic mass is 10.1. The van der Waals surface area contributed by atoms with Gasteiger partial charge in [0, 0.05) is 12.3 Å². The molecule has 3 aromatic rings. The first-order chi connectivity index (χ1) is 11.9. The van der Waals surface area contributed by atoms with Crippen molar-refractivity contribution in [1.29, 1.82) is 0 Å². The van der Waals surface area contributed by atoms with Crippen LogP contribution in [-0.2, 0) is 11.3 Å². The van der Waals surface area contributed by atoms with E-state index in [9.17, 15) is 9.18 Å². The van der Waals surface area contributed by atoms with Crippen LogP contribution < -0.4 is 5.32 Å². The number of carbonyl (C=O) groups excluding carboxylic acids is 1. The summed E-state index contributed by atoms with van der Waals surface area (Å²) >= 11 is 5.83. The number of anilines is 1. The quantitative estimate of drug-likeness (QED) is 0.757. The van der Waals surface area contributed by atoms with E-state index < -0.39 is 0 Å². The molecule has 6 nitrogen and oxygen atoms in total. The van der Waals surface area contributed by atoms with Gasteiger partial charge in [-0.3, -0.25) is 9.48 Å². The summed E-state index contributed by atoms with van der Waals surface area (Å²) in [5.74, 6) is -0.299. The maximum Gasteiger partial charge on any atom is 0.230 e. The molecule has 3 rings (SSSR count). The average Bonchev–Trinajstić information content (AvgIpc) is 3.13. The van der Waals surface area contributed by atoms with Crippen molar-refractivity contribution < 1.29 is 9.18 Å². The minimum Gasteiger partial charge on any atom is -0.310 e. The van der Waals surface area contributed by atoms with Gasteiger partial charge in [0.05, 0.1) is 35.1 Å². The number of aryl methyl sites for hydroxylation is 1. The Bertz CT molecular complexity index is 887. The highest BCUT2D eigenvalue weighted by Crippen LogP contribution is 2.18. The van der Waals surface area contributed by atoms with E-state index in [2.05, 4.69) is 15.5 Å². The topological polar surface area (TPSA) is 64.7 Å². The van der Waals surface area contributed by atoms with Gasteiger partial charge in [0.25, 0.3) is 0 Å². The number of benzene rings is 1. The van der Waals surface area contributed by atoms with E-state index >= 15 is 0 Å². The molecule has 130 valence electrons. The van der Waals surface area contributed by atoms with E-state index in [-0.39, 0.29) is 17.6 Å². The van der Waals surface area contributed by atoms with E-state index in [1.807, 2.05) is 6.92 Å². The second-order valence-electron chi connectivity index (χ2n) is 5.83. The first kappa shape index (κ1) is 17.2. The lowest BCUT2D eigenvalue weighted by Crippen LogP contribution is -2.25. The van der Waals surface area contributed by atoms with Crippen LogP contribution in [-0.4, -0.2) is 25.5 Å². The highest BCUT2D eigenvalue weighted by Gasteiger charge is 2.17. The van der Waals surface area contributed by atoms with Gasteiger partial charge < -0.3 is 5.32 Å². The predicted molar refractivity (Wildman–Crippen MR) is 93.3 cm³/mol. The molecule has 1 N–H and O–H groups in total. The molecule has 1 aromatic carbocycles. The largest absolute Gasteiger partial charge is 0.310 e. The van der Waals surface area contributed by atoms with Crippen molar-refractivity contribution in [2.24, 2.45) is 5.92 Å². The Morgan fingerprint density at radius 1 is 1.36 bits per heavy atom. The van der Waals surface area contributed by atoms with Crippen molar-refractivity contribution >= 4 is 23.3 Å². The standard InChI is InChI=1S/C17H17ClFN5O/c1-11(9-23-10-13(18)8-20-23)17(25)21-16-7-12(2)22-24(16)15-5-3-14(19)4-6-15/h3-8,10-11H,9H2,1-2H3,(H,21,25)/t11-/m1/s1. The summed E-state index contributed by atoms with van der Waals surface area (Å²) in [5.41, 5.74) is 1.41. The molecule has 0 saturated heterocycles. The van der Waals surface area contributed by atoms with Gasteiger partial charge in [-0.05, 0) is 31.2 Å². The normalized spacial score (nSPS) is 12.2. The lowest BCUT2D eigenvalue weighted by Gasteiger charge is -2.13. The molecular formula is C17H17ClFN5O. The first-order valence-corrected chi connectivity index (χ1v) is 8.11. The number of halogens is 2. The number of rotatable bonds is 5. The Morgan fingerprint density at radius 2 is 2.08 bits per heavy atom. The van der Waals surface area contributed by atoms with Gasteiger partial charge in [0.1, 0.15) is 11.6 Å². The highest BCUT2D eigenvalue weighted by molar-refractivity contribution is 6.30. The van der Waals surface area contributed by atoms with Crippen molar-refractivity contribution in [2.75, 3.05) is 5.32 Å². The zero-order valence-corrected chi connectivity index (χ0v) is 14.5. The second-order valence-corrected chi connectivity index (χ2v) is 6.27. The molecule has 0 aliphatic heterocycles. The lowest BCUT2D eigenvalue weighted by molar-refractivity contribution is -0.119. The van der Waals surface area contributed by atoms with Crippen molar-refractivity contribution in [3.8, 4) is 5.69 Å². The van der Waals surface area contributed by atoms with Crippen LogP contribution in [0.2, 0.25) is 5.02 Å². The molecule has 0 radical (unpaired) electrons. The van der Waals surface area contributed by atoms with Gasteiger partial charge in [-0.1, -0.05) is 18.5 Å². The minimum absolute atomic E-state index is 0.171. The maximum atomic E-state index is 13.1. The SMILES string of the molecule is Cc1cc(NC(=O)[C@H](C)Cn2cc(Cl)cn2)n(-c2ccc(F)cc2)n1. The molecule has 0 saturated carbocycles. The minimum atomic E-state index is -0.329. The maximum absolute atomic E-state index is 13.1. The van der Waals surface area contributed by atoms with Crippen molar-refractivity contribution in [2.45, 2.75) is 20.4 Å². The number of amides is 1. The van der Waals surface area contributed by atoms with Gasteiger partial charge in [0.2, 0.25) is 5.91 Å². The fraction of sp³-hybridized carbons (Fsp3) is 0.235. The van der Waals surface area contributed by atoms with Gasteiger partial charge in [-0.15, -0.1) is 0 Å². The molecule has 0 spiro atoms. The molecule has 0 unspecified atom stereocenters. The van der Waals surface area contributed by atoms with Gasteiger partial charge in [-0.2, -0.15) is 10.2 Å². The van der Waals surface area contributed by atoms with Crippen LogP contribution in [0.4, 0.5) is 10.2 Å². The van der Waals surface area contributed by atoms with E-state index in [1.165, 1.54) is 18.3 Å². The molecule has 0 fully saturated rings. The number of aromatic nitrogens is 4. The second kappa shape index (κ2) is 7.06. The van der Waals surface area contributed by atoms with E-state index in [0.29, 0.717) is 23.1 Å². The van der Waals surface area contributed by atoms with Crippen molar-refractivity contribution in [3.63, 3.8) is 0 Å². The Balaban J connectivity index is 1.76. The fourth-order valence-electron chi connectivity index (χ4n) is 2.42. The summed E-state index contributed by atoms with van der Waals surface area (Å²) in [6.07, 6.45) is 3.19. The van der Waals surface area contributed by atoms with Crippen LogP contribution in [0.1, 0.15) is 12.6 Å². The highest BCUT2D eigenvalue weighted by atomic mass is 35.5. The number of hydrogen-bond donors (Lipinski definition) is 1. The number of nitrogens with zero attached hydrogens (tertiary/aromatic N) is 4. The molecule has 0 aliphatic rings. The van der Waals surface area contributed by atoms with Gasteiger partial charge >= 0.3 is 0 Å². The van der Waals surface area contributed by atoms with Crippen LogP contribution in [0.3, 0.4) is 0 Å². The van der Waals surface area contributed by atoms with E-state index in [0.717, 1.165) is 5.69 Å². The molecule has 1 amide bonds. The number of hydrogen-bond acceptors (Lipinski definition) is 3. The summed E-state index contributed by atoms with van der Waals surface area (Å²) in [6, 6.07) is 7.67. The molecule has 0 aliphatic carbocycles. The molecular weight excluding hydrogens is 345 g/mol. The third-order valence-corrected chi connectivity index (χ3v) is 3.86. The summed E-state index contributed by atoms with van der Waals surface area (Å²) in [7, 11) is 0. The van der Waals surface area contributed by atoms with Crippen molar-refractivity contribution in [1.82, 2.24) is 19.6 Å². The zero-order valence-electron chi connectivity index (χ0n) is 13.8. The predicted octanol–water partition coefficient (Wildman–Crippen LogP) is 3.44. The number of nitrogens with one attached hydrogen (secondary N) is 1. The smallest absolute Gasteiger partial charge is 0.230 e. The molecule has 25 heavy (non-hydrogen) atoms. The Labute approximate surface area is 149 Å². The molecule has 2 aromatic heterocycles. The fourth-order valence-corrected chi connectivity index (χ4v) is 2.58. The van der Waals surface area contributed by atoms with Crippen LogP contribution in [0, 0.1) is 18.7 Å². The Morgan fingerprint density at radius 3 is 2.72 bits per heavy atom. The third kappa shape index (κ3) is 4.06. The Kier molecular flexibility index (Phi) is 4.85. The summed E-state index contributed by atoms with van der Waals surface area (Å²) < 4.78 is 16.3. The van der Waals surface area contributed by atoms with Crippen molar-refractivity contribution in [3.05, 3.63) is 59.3 Å². The molecule has 8 heteroatoms. The molecule has 0 bridgehead atoms. The third-order valence-electron chi connectivity index (χ3n) is 3.66. The molecule has 2 heterocycles. The summed E-state index contributed by atoms with van der Waals surface area (Å²) in [4.78, 5) is 12.5.